The molecule has 0 radical (unpaired) electrons. The SMILES string of the molecule is CC(=O)Nc1ccc(C2=NNC(O)C[C@H]2C)cc1[N+](=O)[O-]. The summed E-state index contributed by atoms with van der Waals surface area (Å²) in [5.74, 6) is -0.411. The molecule has 1 heterocycles. The maximum atomic E-state index is 11.1. The van der Waals surface area contributed by atoms with Crippen LogP contribution >= 0.6 is 0 Å². The van der Waals surface area contributed by atoms with E-state index in [9.17, 15) is 20.0 Å². The second-order valence-electron chi connectivity index (χ2n) is 4.95. The number of aliphatic hydroxyl groups excluding tert-OH is 1. The molecule has 0 saturated carbocycles. The van der Waals surface area contributed by atoms with Gasteiger partial charge in [0.2, 0.25) is 5.91 Å². The number of nitro benzene ring substituents is 1. The Morgan fingerprint density at radius 2 is 2.29 bits per heavy atom. The monoisotopic (exact) mass is 292 g/mol. The van der Waals surface area contributed by atoms with E-state index in [1.165, 1.54) is 19.1 Å². The lowest BCUT2D eigenvalue weighted by atomic mass is 9.93. The highest BCUT2D eigenvalue weighted by atomic mass is 16.6. The Morgan fingerprint density at radius 1 is 1.57 bits per heavy atom. The molecule has 1 amide bonds. The van der Waals surface area contributed by atoms with E-state index in [-0.39, 0.29) is 23.2 Å². The second kappa shape index (κ2) is 5.88. The summed E-state index contributed by atoms with van der Waals surface area (Å²) >= 11 is 0. The average molecular weight is 292 g/mol. The fraction of sp³-hybridized carbons (Fsp3) is 0.385. The molecule has 1 aromatic rings. The van der Waals surface area contributed by atoms with Gasteiger partial charge in [-0.3, -0.25) is 20.3 Å². The highest BCUT2D eigenvalue weighted by molar-refractivity contribution is 6.03. The van der Waals surface area contributed by atoms with E-state index in [0.717, 1.165) is 0 Å². The van der Waals surface area contributed by atoms with Crippen molar-refractivity contribution in [3.8, 4) is 0 Å². The van der Waals surface area contributed by atoms with Crippen LogP contribution in [-0.4, -0.2) is 27.9 Å². The van der Waals surface area contributed by atoms with Crippen molar-refractivity contribution in [2.45, 2.75) is 26.5 Å². The van der Waals surface area contributed by atoms with Gasteiger partial charge in [0.1, 0.15) is 11.9 Å². The van der Waals surface area contributed by atoms with Crippen LogP contribution in [0.2, 0.25) is 0 Å². The largest absolute Gasteiger partial charge is 0.372 e. The van der Waals surface area contributed by atoms with Crippen LogP contribution in [0.3, 0.4) is 0 Å². The topological polar surface area (TPSA) is 117 Å². The summed E-state index contributed by atoms with van der Waals surface area (Å²) in [6, 6.07) is 4.52. The summed E-state index contributed by atoms with van der Waals surface area (Å²) in [6.07, 6.45) is -0.238. The Labute approximate surface area is 121 Å². The fourth-order valence-electron chi connectivity index (χ4n) is 2.24. The molecule has 1 aliphatic heterocycles. The van der Waals surface area contributed by atoms with Crippen LogP contribution < -0.4 is 10.7 Å². The van der Waals surface area contributed by atoms with Gasteiger partial charge in [0, 0.05) is 30.9 Å². The lowest BCUT2D eigenvalue weighted by Crippen LogP contribution is -2.35. The van der Waals surface area contributed by atoms with Gasteiger partial charge in [-0.05, 0) is 6.07 Å². The lowest BCUT2D eigenvalue weighted by molar-refractivity contribution is -0.383. The first-order valence-corrected chi connectivity index (χ1v) is 6.46. The summed E-state index contributed by atoms with van der Waals surface area (Å²) in [5, 5.41) is 27.1. The molecule has 8 nitrogen and oxygen atoms in total. The Bertz CT molecular complexity index is 614. The number of nitrogens with zero attached hydrogens (tertiary/aromatic N) is 2. The Balaban J connectivity index is 2.40. The predicted octanol–water partition coefficient (Wildman–Crippen LogP) is 1.21. The van der Waals surface area contributed by atoms with Gasteiger partial charge < -0.3 is 10.4 Å². The number of rotatable bonds is 3. The molecule has 0 saturated heterocycles. The van der Waals surface area contributed by atoms with E-state index in [0.29, 0.717) is 17.7 Å². The first kappa shape index (κ1) is 14.9. The van der Waals surface area contributed by atoms with Crippen molar-refractivity contribution in [3.63, 3.8) is 0 Å². The number of anilines is 1. The molecule has 2 rings (SSSR count). The third-order valence-electron chi connectivity index (χ3n) is 3.18. The van der Waals surface area contributed by atoms with E-state index in [1.54, 1.807) is 6.07 Å². The molecule has 112 valence electrons. The summed E-state index contributed by atoms with van der Waals surface area (Å²) in [4.78, 5) is 21.6. The molecule has 0 aromatic heterocycles. The quantitative estimate of drug-likeness (QED) is 0.571. The first-order valence-electron chi connectivity index (χ1n) is 6.46. The summed E-state index contributed by atoms with van der Waals surface area (Å²) < 4.78 is 0. The smallest absolute Gasteiger partial charge is 0.293 e. The molecule has 21 heavy (non-hydrogen) atoms. The molecular formula is C13H16N4O4. The van der Waals surface area contributed by atoms with Gasteiger partial charge in [-0.15, -0.1) is 0 Å². The molecule has 3 N–H and O–H groups in total. The van der Waals surface area contributed by atoms with E-state index < -0.39 is 11.2 Å². The van der Waals surface area contributed by atoms with Crippen molar-refractivity contribution in [1.82, 2.24) is 5.43 Å². The molecular weight excluding hydrogens is 276 g/mol. The number of nitrogens with one attached hydrogen (secondary N) is 2. The Kier molecular flexibility index (Phi) is 4.18. The molecule has 8 heteroatoms. The third kappa shape index (κ3) is 3.34. The molecule has 0 bridgehead atoms. The fourth-order valence-corrected chi connectivity index (χ4v) is 2.24. The van der Waals surface area contributed by atoms with Crippen molar-refractivity contribution in [3.05, 3.63) is 33.9 Å². The van der Waals surface area contributed by atoms with Crippen LogP contribution in [0.15, 0.2) is 23.3 Å². The number of nitro groups is 1. The number of hydrogen-bond donors (Lipinski definition) is 3. The van der Waals surface area contributed by atoms with E-state index in [1.807, 2.05) is 6.92 Å². The van der Waals surface area contributed by atoms with Crippen LogP contribution in [0.1, 0.15) is 25.8 Å². The maximum absolute atomic E-state index is 11.1. The number of amides is 1. The van der Waals surface area contributed by atoms with Crippen LogP contribution in [0.5, 0.6) is 0 Å². The molecule has 1 aliphatic rings. The number of hydrazone groups is 1. The molecule has 2 atom stereocenters. The zero-order chi connectivity index (χ0) is 15.6. The van der Waals surface area contributed by atoms with Crippen LogP contribution in [-0.2, 0) is 4.79 Å². The molecule has 0 aliphatic carbocycles. The molecule has 1 unspecified atom stereocenters. The Morgan fingerprint density at radius 3 is 2.86 bits per heavy atom. The summed E-state index contributed by atoms with van der Waals surface area (Å²) in [5.41, 5.74) is 3.74. The standard InChI is InChI=1S/C13H16N4O4/c1-7-5-12(19)15-16-13(7)9-3-4-10(14-8(2)18)11(6-9)17(20)21/h3-4,6-7,12,15,19H,5H2,1-2H3,(H,14,18)/t7-,12?/m1/s1. The number of benzene rings is 1. The zero-order valence-corrected chi connectivity index (χ0v) is 11.7. The number of carbonyl (C=O) groups excluding carboxylic acids is 1. The lowest BCUT2D eigenvalue weighted by Gasteiger charge is -2.24. The minimum atomic E-state index is -0.711. The van der Waals surface area contributed by atoms with Gasteiger partial charge in [0.05, 0.1) is 10.6 Å². The van der Waals surface area contributed by atoms with Gasteiger partial charge in [-0.25, -0.2) is 0 Å². The highest BCUT2D eigenvalue weighted by Gasteiger charge is 2.24. The molecule has 0 fully saturated rings. The van der Waals surface area contributed by atoms with Crippen molar-refractivity contribution >= 4 is 23.0 Å². The third-order valence-corrected chi connectivity index (χ3v) is 3.18. The predicted molar refractivity (Wildman–Crippen MR) is 76.9 cm³/mol. The average Bonchev–Trinajstić information content (AvgIpc) is 2.38. The normalized spacial score (nSPS) is 21.2. The highest BCUT2D eigenvalue weighted by Crippen LogP contribution is 2.28. The summed E-state index contributed by atoms with van der Waals surface area (Å²) in [7, 11) is 0. The van der Waals surface area contributed by atoms with Crippen molar-refractivity contribution in [2.24, 2.45) is 11.0 Å². The van der Waals surface area contributed by atoms with Crippen LogP contribution in [0.25, 0.3) is 0 Å². The van der Waals surface area contributed by atoms with Crippen molar-refractivity contribution in [1.29, 1.82) is 0 Å². The van der Waals surface area contributed by atoms with Gasteiger partial charge >= 0.3 is 0 Å². The van der Waals surface area contributed by atoms with Gasteiger partial charge in [-0.2, -0.15) is 5.10 Å². The van der Waals surface area contributed by atoms with Crippen LogP contribution in [0, 0.1) is 16.0 Å². The van der Waals surface area contributed by atoms with E-state index in [2.05, 4.69) is 15.8 Å². The van der Waals surface area contributed by atoms with Crippen LogP contribution in [0.4, 0.5) is 11.4 Å². The Hall–Kier alpha value is -2.48. The molecule has 0 spiro atoms. The number of aliphatic hydroxyl groups is 1. The maximum Gasteiger partial charge on any atom is 0.293 e. The van der Waals surface area contributed by atoms with Gasteiger partial charge in [-0.1, -0.05) is 13.0 Å². The summed E-state index contributed by atoms with van der Waals surface area (Å²) in [6.45, 7) is 3.17. The minimum absolute atomic E-state index is 0.0347. The second-order valence-corrected chi connectivity index (χ2v) is 4.95. The number of carbonyl (C=O) groups is 1. The number of hydrogen-bond acceptors (Lipinski definition) is 6. The molecule has 1 aromatic carbocycles. The van der Waals surface area contributed by atoms with E-state index in [4.69, 9.17) is 0 Å². The minimum Gasteiger partial charge on any atom is -0.372 e. The van der Waals surface area contributed by atoms with Gasteiger partial charge in [0.15, 0.2) is 0 Å². The zero-order valence-electron chi connectivity index (χ0n) is 11.7. The van der Waals surface area contributed by atoms with E-state index >= 15 is 0 Å². The van der Waals surface area contributed by atoms with Crippen molar-refractivity contribution < 1.29 is 14.8 Å². The first-order chi connectivity index (χ1) is 9.88. The van der Waals surface area contributed by atoms with Gasteiger partial charge in [0.25, 0.3) is 5.69 Å². The van der Waals surface area contributed by atoms with Crippen molar-refractivity contribution in [2.75, 3.05) is 5.32 Å².